The normalized spacial score (nSPS) is 26.7. The van der Waals surface area contributed by atoms with Crippen molar-refractivity contribution >= 4 is 23.2 Å². The van der Waals surface area contributed by atoms with Gasteiger partial charge in [0.15, 0.2) is 0 Å². The van der Waals surface area contributed by atoms with Gasteiger partial charge in [0, 0.05) is 18.1 Å². The number of halogens is 1. The van der Waals surface area contributed by atoms with Gasteiger partial charge >= 0.3 is 0 Å². The van der Waals surface area contributed by atoms with Gasteiger partial charge in [-0.15, -0.1) is 0 Å². The summed E-state index contributed by atoms with van der Waals surface area (Å²) in [4.78, 5) is 12.5. The molecule has 0 spiro atoms. The summed E-state index contributed by atoms with van der Waals surface area (Å²) in [5.74, 6) is 2.60. The van der Waals surface area contributed by atoms with Crippen LogP contribution < -0.4 is 14.8 Å². The molecule has 4 nitrogen and oxygen atoms in total. The third-order valence-electron chi connectivity index (χ3n) is 4.81. The van der Waals surface area contributed by atoms with E-state index in [0.29, 0.717) is 28.1 Å². The van der Waals surface area contributed by atoms with E-state index in [4.69, 9.17) is 21.1 Å². The fourth-order valence-electron chi connectivity index (χ4n) is 3.75. The zero-order valence-corrected chi connectivity index (χ0v) is 13.1. The maximum atomic E-state index is 12.5. The molecule has 0 aromatic heterocycles. The van der Waals surface area contributed by atoms with E-state index in [2.05, 4.69) is 5.32 Å². The van der Waals surface area contributed by atoms with Crippen LogP contribution >= 0.6 is 11.6 Å². The van der Waals surface area contributed by atoms with Gasteiger partial charge in [0.25, 0.3) is 0 Å². The second kappa shape index (κ2) is 5.76. The SMILES string of the molecule is COc1cc(NC(=O)[C@@H]2C[C@H]3CC[C@@H]2C3)c(OC)cc1Cl. The zero-order chi connectivity index (χ0) is 15.0. The van der Waals surface area contributed by atoms with Crippen molar-refractivity contribution < 1.29 is 14.3 Å². The monoisotopic (exact) mass is 309 g/mol. The Morgan fingerprint density at radius 1 is 1.19 bits per heavy atom. The largest absolute Gasteiger partial charge is 0.495 e. The van der Waals surface area contributed by atoms with Crippen molar-refractivity contribution in [3.8, 4) is 11.5 Å². The number of ether oxygens (including phenoxy) is 2. The number of carbonyl (C=O) groups excluding carboxylic acids is 1. The van der Waals surface area contributed by atoms with E-state index < -0.39 is 0 Å². The van der Waals surface area contributed by atoms with E-state index in [1.54, 1.807) is 26.4 Å². The highest BCUT2D eigenvalue weighted by atomic mass is 35.5. The average Bonchev–Trinajstić information content (AvgIpc) is 3.11. The number of benzene rings is 1. The molecule has 0 heterocycles. The molecular formula is C16H20ClNO3. The summed E-state index contributed by atoms with van der Waals surface area (Å²) in [6.07, 6.45) is 4.69. The number of anilines is 1. The van der Waals surface area contributed by atoms with E-state index in [1.165, 1.54) is 19.3 Å². The Hall–Kier alpha value is -1.42. The average molecular weight is 310 g/mol. The molecule has 114 valence electrons. The molecule has 1 N–H and O–H groups in total. The second-order valence-electron chi connectivity index (χ2n) is 5.96. The predicted molar refractivity (Wildman–Crippen MR) is 82.1 cm³/mol. The summed E-state index contributed by atoms with van der Waals surface area (Å²) in [5, 5.41) is 3.45. The Labute approximate surface area is 129 Å². The Balaban J connectivity index is 1.79. The second-order valence-corrected chi connectivity index (χ2v) is 6.36. The fraction of sp³-hybridized carbons (Fsp3) is 0.562. The zero-order valence-electron chi connectivity index (χ0n) is 12.3. The van der Waals surface area contributed by atoms with E-state index in [0.717, 1.165) is 12.3 Å². The summed E-state index contributed by atoms with van der Waals surface area (Å²) in [6.45, 7) is 0. The maximum Gasteiger partial charge on any atom is 0.227 e. The minimum atomic E-state index is 0.0878. The van der Waals surface area contributed by atoms with Gasteiger partial charge in [-0.25, -0.2) is 0 Å². The standard InChI is InChI=1S/C16H20ClNO3/c1-20-14-8-13(15(21-2)7-12(14)17)18-16(19)11-6-9-3-4-10(11)5-9/h7-11H,3-6H2,1-2H3,(H,18,19)/t9-,10+,11+/m0/s1. The maximum absolute atomic E-state index is 12.5. The molecule has 2 aliphatic carbocycles. The van der Waals surface area contributed by atoms with Crippen LogP contribution in [0.15, 0.2) is 12.1 Å². The summed E-state index contributed by atoms with van der Waals surface area (Å²) in [7, 11) is 3.11. The van der Waals surface area contributed by atoms with Crippen molar-refractivity contribution in [2.75, 3.05) is 19.5 Å². The number of amides is 1. The van der Waals surface area contributed by atoms with Crippen molar-refractivity contribution in [3.05, 3.63) is 17.2 Å². The number of methoxy groups -OCH3 is 2. The van der Waals surface area contributed by atoms with Gasteiger partial charge in [0.1, 0.15) is 11.5 Å². The van der Waals surface area contributed by atoms with Crippen LogP contribution in [0.2, 0.25) is 5.02 Å². The van der Waals surface area contributed by atoms with Crippen LogP contribution in [0.5, 0.6) is 11.5 Å². The molecule has 5 heteroatoms. The van der Waals surface area contributed by atoms with Crippen LogP contribution in [0.1, 0.15) is 25.7 Å². The van der Waals surface area contributed by atoms with Crippen molar-refractivity contribution in [3.63, 3.8) is 0 Å². The van der Waals surface area contributed by atoms with Crippen molar-refractivity contribution in [2.45, 2.75) is 25.7 Å². The molecule has 0 radical (unpaired) electrons. The van der Waals surface area contributed by atoms with Crippen LogP contribution in [0.3, 0.4) is 0 Å². The molecule has 1 aromatic carbocycles. The van der Waals surface area contributed by atoms with Crippen molar-refractivity contribution in [1.29, 1.82) is 0 Å². The lowest BCUT2D eigenvalue weighted by Gasteiger charge is -2.21. The first-order valence-electron chi connectivity index (χ1n) is 7.34. The Morgan fingerprint density at radius 2 is 1.95 bits per heavy atom. The summed E-state index contributed by atoms with van der Waals surface area (Å²) in [5.41, 5.74) is 0.617. The molecule has 0 unspecified atom stereocenters. The van der Waals surface area contributed by atoms with Crippen LogP contribution in [0.25, 0.3) is 0 Å². The molecule has 3 atom stereocenters. The van der Waals surface area contributed by atoms with Gasteiger partial charge in [0.2, 0.25) is 5.91 Å². The first-order chi connectivity index (χ1) is 10.1. The highest BCUT2D eigenvalue weighted by Gasteiger charge is 2.43. The van der Waals surface area contributed by atoms with E-state index in [9.17, 15) is 4.79 Å². The quantitative estimate of drug-likeness (QED) is 0.922. The molecular weight excluding hydrogens is 290 g/mol. The van der Waals surface area contributed by atoms with E-state index >= 15 is 0 Å². The van der Waals surface area contributed by atoms with Gasteiger partial charge in [-0.1, -0.05) is 18.0 Å². The fourth-order valence-corrected chi connectivity index (χ4v) is 3.98. The number of fused-ring (bicyclic) bond motifs is 2. The van der Waals surface area contributed by atoms with Gasteiger partial charge in [-0.2, -0.15) is 0 Å². The van der Waals surface area contributed by atoms with Crippen molar-refractivity contribution in [1.82, 2.24) is 0 Å². The molecule has 21 heavy (non-hydrogen) atoms. The molecule has 1 amide bonds. The minimum absolute atomic E-state index is 0.0878. The number of hydrogen-bond donors (Lipinski definition) is 1. The van der Waals surface area contributed by atoms with Crippen molar-refractivity contribution in [2.24, 2.45) is 17.8 Å². The summed E-state index contributed by atoms with van der Waals surface area (Å²) in [6, 6.07) is 3.38. The molecule has 2 fully saturated rings. The number of carbonyl (C=O) groups is 1. The third kappa shape index (κ3) is 2.69. The Kier molecular flexibility index (Phi) is 3.98. The topological polar surface area (TPSA) is 47.6 Å². The lowest BCUT2D eigenvalue weighted by Crippen LogP contribution is -2.27. The molecule has 2 aliphatic rings. The smallest absolute Gasteiger partial charge is 0.227 e. The van der Waals surface area contributed by atoms with Crippen LogP contribution in [0.4, 0.5) is 5.69 Å². The molecule has 3 rings (SSSR count). The van der Waals surface area contributed by atoms with Crippen LogP contribution in [-0.2, 0) is 4.79 Å². The van der Waals surface area contributed by atoms with Gasteiger partial charge < -0.3 is 14.8 Å². The van der Waals surface area contributed by atoms with Crippen LogP contribution in [-0.4, -0.2) is 20.1 Å². The molecule has 2 saturated carbocycles. The minimum Gasteiger partial charge on any atom is -0.495 e. The first kappa shape index (κ1) is 14.5. The van der Waals surface area contributed by atoms with E-state index in [-0.39, 0.29) is 11.8 Å². The highest BCUT2D eigenvalue weighted by molar-refractivity contribution is 6.32. The molecule has 0 saturated heterocycles. The highest BCUT2D eigenvalue weighted by Crippen LogP contribution is 2.49. The molecule has 0 aliphatic heterocycles. The predicted octanol–water partition coefficient (Wildman–Crippen LogP) is 3.73. The summed E-state index contributed by atoms with van der Waals surface area (Å²) < 4.78 is 10.5. The summed E-state index contributed by atoms with van der Waals surface area (Å²) >= 11 is 6.08. The Morgan fingerprint density at radius 3 is 2.52 bits per heavy atom. The molecule has 1 aromatic rings. The number of rotatable bonds is 4. The van der Waals surface area contributed by atoms with E-state index in [1.807, 2.05) is 0 Å². The lowest BCUT2D eigenvalue weighted by atomic mass is 9.88. The third-order valence-corrected chi connectivity index (χ3v) is 5.10. The van der Waals surface area contributed by atoms with Gasteiger partial charge in [-0.05, 0) is 31.1 Å². The molecule has 2 bridgehead atoms. The van der Waals surface area contributed by atoms with Gasteiger partial charge in [-0.3, -0.25) is 4.79 Å². The Bertz CT molecular complexity index is 561. The first-order valence-corrected chi connectivity index (χ1v) is 7.72. The van der Waals surface area contributed by atoms with Gasteiger partial charge in [0.05, 0.1) is 24.9 Å². The lowest BCUT2D eigenvalue weighted by molar-refractivity contribution is -0.121. The van der Waals surface area contributed by atoms with Crippen LogP contribution in [0, 0.1) is 17.8 Å². The number of hydrogen-bond acceptors (Lipinski definition) is 3. The number of nitrogens with one attached hydrogen (secondary N) is 1.